The fourth-order valence-electron chi connectivity index (χ4n) is 3.42. The molecule has 2 heterocycles. The smallest absolute Gasteiger partial charge is 0.271 e. The van der Waals surface area contributed by atoms with Crippen molar-refractivity contribution in [3.05, 3.63) is 58.8 Å². The maximum absolute atomic E-state index is 11.0. The zero-order valence-electron chi connectivity index (χ0n) is 15.1. The highest BCUT2D eigenvalue weighted by atomic mass is 16.6. The van der Waals surface area contributed by atoms with Crippen molar-refractivity contribution in [2.45, 2.75) is 6.67 Å². The maximum atomic E-state index is 11.0. The van der Waals surface area contributed by atoms with Gasteiger partial charge in [0, 0.05) is 49.4 Å². The number of hydrogen-bond donors (Lipinski definition) is 0. The van der Waals surface area contributed by atoms with Crippen molar-refractivity contribution in [1.82, 2.24) is 14.7 Å². The van der Waals surface area contributed by atoms with E-state index in [-0.39, 0.29) is 10.6 Å². The van der Waals surface area contributed by atoms with Gasteiger partial charge < -0.3 is 9.64 Å². The number of nitro benzene ring substituents is 1. The van der Waals surface area contributed by atoms with Crippen LogP contribution in [-0.2, 0) is 6.67 Å². The van der Waals surface area contributed by atoms with Crippen LogP contribution in [0, 0.1) is 10.1 Å². The summed E-state index contributed by atoms with van der Waals surface area (Å²) in [6, 6.07) is 13.0. The summed E-state index contributed by atoms with van der Waals surface area (Å²) in [5.74, 6) is 0.858. The molecular formula is C19H21N5O3. The number of piperazine rings is 1. The van der Waals surface area contributed by atoms with Gasteiger partial charge >= 0.3 is 0 Å². The summed E-state index contributed by atoms with van der Waals surface area (Å²) in [5, 5.41) is 16.4. The van der Waals surface area contributed by atoms with E-state index < -0.39 is 0 Å². The van der Waals surface area contributed by atoms with Crippen molar-refractivity contribution in [3.63, 3.8) is 0 Å². The van der Waals surface area contributed by atoms with E-state index >= 15 is 0 Å². The first-order chi connectivity index (χ1) is 13.1. The summed E-state index contributed by atoms with van der Waals surface area (Å²) in [5.41, 5.74) is 2.07. The van der Waals surface area contributed by atoms with Gasteiger partial charge in [0.2, 0.25) is 0 Å². The number of rotatable bonds is 5. The van der Waals surface area contributed by atoms with Crippen LogP contribution in [0.2, 0.25) is 0 Å². The highest BCUT2D eigenvalue weighted by molar-refractivity contribution is 5.80. The number of methoxy groups -OCH3 is 1. The Labute approximate surface area is 156 Å². The molecule has 0 aliphatic carbocycles. The molecule has 1 aromatic heterocycles. The first kappa shape index (κ1) is 17.3. The Bertz CT molecular complexity index is 946. The van der Waals surface area contributed by atoms with Gasteiger partial charge in [0.25, 0.3) is 5.69 Å². The molecule has 1 aliphatic rings. The monoisotopic (exact) mass is 367 g/mol. The summed E-state index contributed by atoms with van der Waals surface area (Å²) in [6.07, 6.45) is 1.76. The number of non-ortho nitro benzene ring substituents is 1. The molecule has 140 valence electrons. The lowest BCUT2D eigenvalue weighted by Gasteiger charge is -2.36. The van der Waals surface area contributed by atoms with E-state index in [9.17, 15) is 10.1 Å². The molecular weight excluding hydrogens is 346 g/mol. The standard InChI is InChI=1S/C19H21N5O3/c1-27-18-6-4-16(5-7-18)22-10-8-21(9-11-22)14-23-19-12-17(24(25)26)3-2-15(19)13-20-23/h2-7,12-13H,8-11,14H2,1H3. The molecule has 0 N–H and O–H groups in total. The number of anilines is 1. The summed E-state index contributed by atoms with van der Waals surface area (Å²) >= 11 is 0. The predicted molar refractivity (Wildman–Crippen MR) is 103 cm³/mol. The number of hydrogen-bond acceptors (Lipinski definition) is 6. The van der Waals surface area contributed by atoms with Crippen LogP contribution in [0.1, 0.15) is 0 Å². The molecule has 1 saturated heterocycles. The Morgan fingerprint density at radius 1 is 1.11 bits per heavy atom. The SMILES string of the molecule is COc1ccc(N2CCN(Cn3ncc4ccc([N+](=O)[O-])cc43)CC2)cc1. The minimum atomic E-state index is -0.371. The molecule has 3 aromatic rings. The molecule has 0 amide bonds. The molecule has 0 atom stereocenters. The van der Waals surface area contributed by atoms with Crippen molar-refractivity contribution in [2.75, 3.05) is 38.2 Å². The zero-order valence-corrected chi connectivity index (χ0v) is 15.1. The van der Waals surface area contributed by atoms with E-state index in [1.165, 1.54) is 11.8 Å². The van der Waals surface area contributed by atoms with E-state index in [1.54, 1.807) is 25.4 Å². The van der Waals surface area contributed by atoms with E-state index in [4.69, 9.17) is 4.74 Å². The highest BCUT2D eigenvalue weighted by Crippen LogP contribution is 2.23. The lowest BCUT2D eigenvalue weighted by atomic mass is 10.2. The van der Waals surface area contributed by atoms with Crippen LogP contribution in [0.4, 0.5) is 11.4 Å². The number of ether oxygens (including phenoxy) is 1. The maximum Gasteiger partial charge on any atom is 0.271 e. The van der Waals surface area contributed by atoms with Crippen LogP contribution in [0.3, 0.4) is 0 Å². The number of nitrogens with zero attached hydrogens (tertiary/aromatic N) is 5. The number of aromatic nitrogens is 2. The molecule has 0 spiro atoms. The fourth-order valence-corrected chi connectivity index (χ4v) is 3.42. The summed E-state index contributed by atoms with van der Waals surface area (Å²) in [7, 11) is 1.67. The van der Waals surface area contributed by atoms with Gasteiger partial charge in [-0.05, 0) is 30.3 Å². The van der Waals surface area contributed by atoms with Crippen molar-refractivity contribution in [2.24, 2.45) is 0 Å². The van der Waals surface area contributed by atoms with Crippen molar-refractivity contribution in [3.8, 4) is 5.75 Å². The number of benzene rings is 2. The zero-order chi connectivity index (χ0) is 18.8. The Kier molecular flexibility index (Phi) is 4.64. The molecule has 8 nitrogen and oxygen atoms in total. The molecule has 4 rings (SSSR count). The van der Waals surface area contributed by atoms with Crippen LogP contribution < -0.4 is 9.64 Å². The van der Waals surface area contributed by atoms with Crippen molar-refractivity contribution in [1.29, 1.82) is 0 Å². The number of fused-ring (bicyclic) bond motifs is 1. The normalized spacial score (nSPS) is 15.2. The third-order valence-electron chi connectivity index (χ3n) is 4.98. The van der Waals surface area contributed by atoms with E-state index in [0.29, 0.717) is 6.67 Å². The Hall–Kier alpha value is -3.13. The summed E-state index contributed by atoms with van der Waals surface area (Å²) in [4.78, 5) is 15.3. The minimum Gasteiger partial charge on any atom is -0.497 e. The van der Waals surface area contributed by atoms with E-state index in [2.05, 4.69) is 27.0 Å². The van der Waals surface area contributed by atoms with Crippen LogP contribution in [0.15, 0.2) is 48.7 Å². The molecule has 1 aliphatic heterocycles. The van der Waals surface area contributed by atoms with Gasteiger partial charge in [0.1, 0.15) is 5.75 Å². The highest BCUT2D eigenvalue weighted by Gasteiger charge is 2.19. The number of nitro groups is 1. The second-order valence-electron chi connectivity index (χ2n) is 6.59. The average Bonchev–Trinajstić information content (AvgIpc) is 3.11. The van der Waals surface area contributed by atoms with Crippen LogP contribution in [0.5, 0.6) is 5.75 Å². The summed E-state index contributed by atoms with van der Waals surface area (Å²) < 4.78 is 7.05. The Morgan fingerprint density at radius 2 is 1.85 bits per heavy atom. The third-order valence-corrected chi connectivity index (χ3v) is 4.98. The van der Waals surface area contributed by atoms with Gasteiger partial charge in [-0.2, -0.15) is 5.10 Å². The lowest BCUT2D eigenvalue weighted by molar-refractivity contribution is -0.384. The third kappa shape index (κ3) is 3.56. The molecule has 0 radical (unpaired) electrons. The van der Waals surface area contributed by atoms with Gasteiger partial charge in [-0.15, -0.1) is 0 Å². The van der Waals surface area contributed by atoms with Gasteiger partial charge in [-0.25, -0.2) is 0 Å². The lowest BCUT2D eigenvalue weighted by Crippen LogP contribution is -2.46. The molecule has 2 aromatic carbocycles. The Balaban J connectivity index is 1.42. The van der Waals surface area contributed by atoms with Crippen LogP contribution in [-0.4, -0.2) is 52.9 Å². The quantitative estimate of drug-likeness (QED) is 0.510. The van der Waals surface area contributed by atoms with Crippen LogP contribution in [0.25, 0.3) is 10.9 Å². The minimum absolute atomic E-state index is 0.0913. The van der Waals surface area contributed by atoms with Crippen molar-refractivity contribution < 1.29 is 9.66 Å². The van der Waals surface area contributed by atoms with Crippen LogP contribution >= 0.6 is 0 Å². The topological polar surface area (TPSA) is 76.7 Å². The van der Waals surface area contributed by atoms with Gasteiger partial charge in [0.05, 0.1) is 30.4 Å². The molecule has 8 heteroatoms. The first-order valence-corrected chi connectivity index (χ1v) is 8.85. The second-order valence-corrected chi connectivity index (χ2v) is 6.59. The van der Waals surface area contributed by atoms with Gasteiger partial charge in [-0.3, -0.25) is 19.7 Å². The molecule has 1 fully saturated rings. The first-order valence-electron chi connectivity index (χ1n) is 8.85. The molecule has 0 saturated carbocycles. The van der Waals surface area contributed by atoms with E-state index in [0.717, 1.165) is 42.8 Å². The largest absolute Gasteiger partial charge is 0.497 e. The second kappa shape index (κ2) is 7.24. The average molecular weight is 367 g/mol. The molecule has 27 heavy (non-hydrogen) atoms. The fraction of sp³-hybridized carbons (Fsp3) is 0.316. The van der Waals surface area contributed by atoms with Gasteiger partial charge in [-0.1, -0.05) is 0 Å². The predicted octanol–water partition coefficient (Wildman–Crippen LogP) is 2.73. The molecule has 0 unspecified atom stereocenters. The Morgan fingerprint density at radius 3 is 2.52 bits per heavy atom. The molecule has 0 bridgehead atoms. The van der Waals surface area contributed by atoms with Crippen molar-refractivity contribution >= 4 is 22.3 Å². The van der Waals surface area contributed by atoms with E-state index in [1.807, 2.05) is 16.8 Å². The summed E-state index contributed by atoms with van der Waals surface area (Å²) in [6.45, 7) is 4.28. The van der Waals surface area contributed by atoms with Gasteiger partial charge in [0.15, 0.2) is 0 Å².